The van der Waals surface area contributed by atoms with Gasteiger partial charge in [0.05, 0.1) is 0 Å². The van der Waals surface area contributed by atoms with Gasteiger partial charge in [0.1, 0.15) is 0 Å². The predicted molar refractivity (Wildman–Crippen MR) is 108 cm³/mol. The van der Waals surface area contributed by atoms with Gasteiger partial charge in [0.15, 0.2) is 17.5 Å². The zero-order valence-electron chi connectivity index (χ0n) is 16.2. The molecule has 0 amide bonds. The summed E-state index contributed by atoms with van der Waals surface area (Å²) in [6.07, 6.45) is 6.62. The molecule has 3 heteroatoms. The molecule has 0 spiro atoms. The number of benzene rings is 3. The van der Waals surface area contributed by atoms with E-state index in [2.05, 4.69) is 31.2 Å². The minimum Gasteiger partial charge on any atom is -0.204 e. The molecule has 0 heterocycles. The molecule has 1 saturated carbocycles. The highest BCUT2D eigenvalue weighted by Crippen LogP contribution is 2.41. The molecule has 0 nitrogen and oxygen atoms in total. The third-order valence-electron chi connectivity index (χ3n) is 6.19. The normalized spacial score (nSPS) is 19.9. The Kier molecular flexibility index (Phi) is 5.43. The van der Waals surface area contributed by atoms with Crippen LogP contribution >= 0.6 is 0 Å². The van der Waals surface area contributed by atoms with Crippen molar-refractivity contribution >= 4 is 10.8 Å². The summed E-state index contributed by atoms with van der Waals surface area (Å²) in [6.45, 7) is 2.20. The second kappa shape index (κ2) is 7.98. The van der Waals surface area contributed by atoms with Crippen LogP contribution in [-0.4, -0.2) is 0 Å². The van der Waals surface area contributed by atoms with Crippen molar-refractivity contribution < 1.29 is 13.2 Å². The average Bonchev–Trinajstić information content (AvgIpc) is 2.73. The first-order valence-electron chi connectivity index (χ1n) is 10.2. The third-order valence-corrected chi connectivity index (χ3v) is 6.19. The number of halogens is 3. The number of fused-ring (bicyclic) bond motifs is 1. The van der Waals surface area contributed by atoms with Crippen molar-refractivity contribution in [3.8, 4) is 0 Å². The Labute approximate surface area is 164 Å². The van der Waals surface area contributed by atoms with Gasteiger partial charge in [0.2, 0.25) is 0 Å². The van der Waals surface area contributed by atoms with Crippen molar-refractivity contribution in [2.75, 3.05) is 0 Å². The van der Waals surface area contributed by atoms with E-state index in [1.165, 1.54) is 11.1 Å². The van der Waals surface area contributed by atoms with Gasteiger partial charge in [-0.15, -0.1) is 0 Å². The van der Waals surface area contributed by atoms with Crippen molar-refractivity contribution in [1.82, 2.24) is 0 Å². The highest BCUT2D eigenvalue weighted by atomic mass is 19.2. The van der Waals surface area contributed by atoms with E-state index in [4.69, 9.17) is 0 Å². The fourth-order valence-electron chi connectivity index (χ4n) is 4.58. The van der Waals surface area contributed by atoms with E-state index in [9.17, 15) is 13.2 Å². The minimum absolute atomic E-state index is 0.142. The van der Waals surface area contributed by atoms with Crippen molar-refractivity contribution in [3.05, 3.63) is 82.7 Å². The molecule has 1 fully saturated rings. The first-order chi connectivity index (χ1) is 13.6. The zero-order chi connectivity index (χ0) is 19.7. The van der Waals surface area contributed by atoms with Gasteiger partial charge in [-0.3, -0.25) is 0 Å². The fraction of sp³-hybridized carbons (Fsp3) is 0.360. The van der Waals surface area contributed by atoms with Crippen molar-refractivity contribution in [2.24, 2.45) is 0 Å². The smallest absolute Gasteiger partial charge is 0.195 e. The predicted octanol–water partition coefficient (Wildman–Crippen LogP) is 7.65. The summed E-state index contributed by atoms with van der Waals surface area (Å²) in [5, 5.41) is 0.575. The van der Waals surface area contributed by atoms with Gasteiger partial charge >= 0.3 is 0 Å². The van der Waals surface area contributed by atoms with Gasteiger partial charge < -0.3 is 0 Å². The molecule has 0 N–H and O–H groups in total. The van der Waals surface area contributed by atoms with Crippen LogP contribution in [0.5, 0.6) is 0 Å². The van der Waals surface area contributed by atoms with Crippen molar-refractivity contribution in [2.45, 2.75) is 57.3 Å². The largest absolute Gasteiger partial charge is 0.204 e. The van der Waals surface area contributed by atoms with Crippen LogP contribution in [0.25, 0.3) is 10.8 Å². The van der Waals surface area contributed by atoms with Crippen LogP contribution in [0.1, 0.15) is 67.6 Å². The Morgan fingerprint density at radius 2 is 1.36 bits per heavy atom. The maximum Gasteiger partial charge on any atom is 0.195 e. The molecule has 0 aromatic heterocycles. The zero-order valence-corrected chi connectivity index (χ0v) is 16.2. The fourth-order valence-corrected chi connectivity index (χ4v) is 4.58. The number of aryl methyl sites for hydroxylation is 1. The molecule has 0 saturated heterocycles. The number of hydrogen-bond donors (Lipinski definition) is 0. The lowest BCUT2D eigenvalue weighted by Gasteiger charge is -2.29. The summed E-state index contributed by atoms with van der Waals surface area (Å²) >= 11 is 0. The lowest BCUT2D eigenvalue weighted by Crippen LogP contribution is -2.12. The summed E-state index contributed by atoms with van der Waals surface area (Å²) in [5.41, 5.74) is 3.90. The van der Waals surface area contributed by atoms with E-state index in [1.54, 1.807) is 6.07 Å². The highest BCUT2D eigenvalue weighted by molar-refractivity contribution is 5.84. The minimum atomic E-state index is -1.40. The first kappa shape index (κ1) is 19.0. The Morgan fingerprint density at radius 3 is 2.00 bits per heavy atom. The molecule has 0 atom stereocenters. The average molecular weight is 382 g/mol. The quantitative estimate of drug-likeness (QED) is 0.407. The van der Waals surface area contributed by atoms with Gasteiger partial charge in [-0.1, -0.05) is 55.8 Å². The molecule has 1 aliphatic rings. The molecule has 146 valence electrons. The van der Waals surface area contributed by atoms with Crippen LogP contribution in [0.4, 0.5) is 13.2 Å². The van der Waals surface area contributed by atoms with Gasteiger partial charge in [0.25, 0.3) is 0 Å². The van der Waals surface area contributed by atoms with Gasteiger partial charge in [0, 0.05) is 5.39 Å². The number of rotatable bonds is 4. The van der Waals surface area contributed by atoms with E-state index >= 15 is 0 Å². The van der Waals surface area contributed by atoms with Gasteiger partial charge in [-0.05, 0) is 72.1 Å². The highest BCUT2D eigenvalue weighted by Gasteiger charge is 2.24. The van der Waals surface area contributed by atoms with E-state index in [1.807, 2.05) is 12.1 Å². The molecular weight excluding hydrogens is 357 g/mol. The molecule has 1 aliphatic carbocycles. The monoisotopic (exact) mass is 382 g/mol. The van der Waals surface area contributed by atoms with Gasteiger partial charge in [-0.2, -0.15) is 0 Å². The van der Waals surface area contributed by atoms with Crippen LogP contribution in [-0.2, 0) is 6.42 Å². The topological polar surface area (TPSA) is 0 Å². The van der Waals surface area contributed by atoms with Crippen molar-refractivity contribution in [1.29, 1.82) is 0 Å². The van der Waals surface area contributed by atoms with Crippen LogP contribution in [0.15, 0.2) is 48.5 Å². The Hall–Kier alpha value is -2.29. The summed E-state index contributed by atoms with van der Waals surface area (Å²) in [7, 11) is 0. The lowest BCUT2D eigenvalue weighted by molar-refractivity contribution is 0.396. The molecule has 3 aromatic carbocycles. The Bertz CT molecular complexity index is 967. The first-order valence-corrected chi connectivity index (χ1v) is 10.2. The second-order valence-electron chi connectivity index (χ2n) is 8.01. The molecule has 0 aliphatic heterocycles. The van der Waals surface area contributed by atoms with Gasteiger partial charge in [-0.25, -0.2) is 13.2 Å². The lowest BCUT2D eigenvalue weighted by atomic mass is 9.76. The Balaban J connectivity index is 1.48. The van der Waals surface area contributed by atoms with Crippen LogP contribution in [0, 0.1) is 17.5 Å². The summed E-state index contributed by atoms with van der Waals surface area (Å²) in [4.78, 5) is 0. The standard InChI is InChI=1S/C25H25F3/c1-2-3-16-4-6-17(7-5-16)18-8-10-19(11-9-18)20-12-13-22-21(14-20)15-23(26)25(28)24(22)27/h4-7,12-15,18-19H,2-3,8-11H2,1H3. The molecule has 0 radical (unpaired) electrons. The van der Waals surface area contributed by atoms with E-state index in [0.717, 1.165) is 50.2 Å². The van der Waals surface area contributed by atoms with E-state index in [0.29, 0.717) is 17.2 Å². The van der Waals surface area contributed by atoms with E-state index in [-0.39, 0.29) is 5.39 Å². The maximum atomic E-state index is 13.9. The molecule has 4 rings (SSSR count). The van der Waals surface area contributed by atoms with Crippen molar-refractivity contribution in [3.63, 3.8) is 0 Å². The maximum absolute atomic E-state index is 13.9. The second-order valence-corrected chi connectivity index (χ2v) is 8.01. The summed E-state index contributed by atoms with van der Waals surface area (Å²) in [6, 6.07) is 15.4. The van der Waals surface area contributed by atoms with Crippen LogP contribution in [0.3, 0.4) is 0 Å². The van der Waals surface area contributed by atoms with E-state index < -0.39 is 17.5 Å². The molecule has 0 unspecified atom stereocenters. The SMILES string of the molecule is CCCc1ccc(C2CCC(c3ccc4c(F)c(F)c(F)cc4c3)CC2)cc1. The van der Waals surface area contributed by atoms with Crippen LogP contribution < -0.4 is 0 Å². The molecule has 0 bridgehead atoms. The Morgan fingerprint density at radius 1 is 0.750 bits per heavy atom. The molecule has 28 heavy (non-hydrogen) atoms. The van der Waals surface area contributed by atoms with Crippen LogP contribution in [0.2, 0.25) is 0 Å². The summed E-state index contributed by atoms with van der Waals surface area (Å²) < 4.78 is 41.0. The third kappa shape index (κ3) is 3.67. The molecule has 3 aromatic rings. The summed E-state index contributed by atoms with van der Waals surface area (Å²) in [5.74, 6) is -2.66. The molecular formula is C25H25F3. The number of hydrogen-bond acceptors (Lipinski definition) is 0.